The summed E-state index contributed by atoms with van der Waals surface area (Å²) in [6.07, 6.45) is 0.569. The molecular weight excluding hydrogens is 291 g/mol. The third kappa shape index (κ3) is 4.75. The van der Waals surface area contributed by atoms with E-state index in [0.717, 1.165) is 11.4 Å². The Balaban J connectivity index is 2.03. The lowest BCUT2D eigenvalue weighted by Gasteiger charge is -2.09. The van der Waals surface area contributed by atoms with Gasteiger partial charge in [0.05, 0.1) is 5.75 Å². The van der Waals surface area contributed by atoms with E-state index in [1.54, 1.807) is 36.4 Å². The largest absolute Gasteiger partial charge is 0.356 e. The van der Waals surface area contributed by atoms with Gasteiger partial charge in [0.2, 0.25) is 10.0 Å². The van der Waals surface area contributed by atoms with Crippen molar-refractivity contribution in [2.45, 2.75) is 13.3 Å². The van der Waals surface area contributed by atoms with Crippen LogP contribution >= 0.6 is 0 Å². The molecule has 0 amide bonds. The summed E-state index contributed by atoms with van der Waals surface area (Å²) >= 11 is 0. The van der Waals surface area contributed by atoms with Crippen molar-refractivity contribution in [3.05, 3.63) is 54.3 Å². The van der Waals surface area contributed by atoms with E-state index in [1.165, 1.54) is 12.1 Å². The van der Waals surface area contributed by atoms with Crippen molar-refractivity contribution in [3.8, 4) is 0 Å². The van der Waals surface area contributed by atoms with E-state index in [9.17, 15) is 12.8 Å². The summed E-state index contributed by atoms with van der Waals surface area (Å²) in [7, 11) is -3.27. The summed E-state index contributed by atoms with van der Waals surface area (Å²) in [6, 6.07) is 12.9. The van der Waals surface area contributed by atoms with Crippen LogP contribution in [0.5, 0.6) is 0 Å². The third-order valence-electron chi connectivity index (χ3n) is 2.76. The Bertz CT molecular complexity index is 683. The maximum atomic E-state index is 12.8. The zero-order chi connectivity index (χ0) is 15.3. The van der Waals surface area contributed by atoms with Crippen molar-refractivity contribution in [1.82, 2.24) is 0 Å². The Morgan fingerprint density at radius 1 is 0.905 bits per heavy atom. The van der Waals surface area contributed by atoms with Crippen LogP contribution in [0.4, 0.5) is 21.5 Å². The number of rotatable bonds is 6. The zero-order valence-electron chi connectivity index (χ0n) is 11.6. The van der Waals surface area contributed by atoms with E-state index >= 15 is 0 Å². The molecule has 0 heterocycles. The van der Waals surface area contributed by atoms with Gasteiger partial charge in [-0.05, 0) is 55.0 Å². The molecule has 0 aliphatic rings. The molecule has 0 atom stereocenters. The van der Waals surface area contributed by atoms with Gasteiger partial charge in [0.1, 0.15) is 5.82 Å². The summed E-state index contributed by atoms with van der Waals surface area (Å²) in [5.41, 5.74) is 2.07. The maximum Gasteiger partial charge on any atom is 0.232 e. The first-order valence-electron chi connectivity index (χ1n) is 6.61. The van der Waals surface area contributed by atoms with Crippen molar-refractivity contribution in [2.24, 2.45) is 0 Å². The summed E-state index contributed by atoms with van der Waals surface area (Å²) in [4.78, 5) is 0. The lowest BCUT2D eigenvalue weighted by Crippen LogP contribution is -2.15. The van der Waals surface area contributed by atoms with Crippen LogP contribution in [0.15, 0.2) is 48.5 Å². The van der Waals surface area contributed by atoms with E-state index in [1.807, 2.05) is 6.92 Å². The fraction of sp³-hybridized carbons (Fsp3) is 0.200. The Morgan fingerprint density at radius 2 is 1.38 bits per heavy atom. The second-order valence-electron chi connectivity index (χ2n) is 4.63. The molecule has 112 valence electrons. The molecule has 2 rings (SSSR count). The van der Waals surface area contributed by atoms with Gasteiger partial charge in [0, 0.05) is 17.1 Å². The Morgan fingerprint density at radius 3 is 1.90 bits per heavy atom. The van der Waals surface area contributed by atoms with E-state index in [4.69, 9.17) is 0 Å². The van der Waals surface area contributed by atoms with Crippen molar-refractivity contribution >= 4 is 27.1 Å². The van der Waals surface area contributed by atoms with Gasteiger partial charge in [-0.1, -0.05) is 6.92 Å². The number of benzene rings is 2. The standard InChI is InChI=1S/C15H17FN2O2S/c1-2-11-21(19,20)18-15-9-7-14(8-10-15)17-13-5-3-12(16)4-6-13/h3-10,17-18H,2,11H2,1H3. The third-order valence-corrected chi connectivity index (χ3v) is 4.26. The minimum atomic E-state index is -3.27. The summed E-state index contributed by atoms with van der Waals surface area (Å²) in [6.45, 7) is 1.81. The van der Waals surface area contributed by atoms with Crippen LogP contribution in [0.1, 0.15) is 13.3 Å². The molecule has 0 aliphatic heterocycles. The summed E-state index contributed by atoms with van der Waals surface area (Å²) in [5, 5.41) is 3.10. The van der Waals surface area contributed by atoms with Gasteiger partial charge in [-0.2, -0.15) is 0 Å². The number of sulfonamides is 1. The van der Waals surface area contributed by atoms with Gasteiger partial charge in [0.25, 0.3) is 0 Å². The molecule has 0 spiro atoms. The van der Waals surface area contributed by atoms with Gasteiger partial charge >= 0.3 is 0 Å². The molecule has 0 aromatic heterocycles. The number of hydrogen-bond donors (Lipinski definition) is 2. The van der Waals surface area contributed by atoms with Crippen molar-refractivity contribution in [3.63, 3.8) is 0 Å². The average Bonchev–Trinajstić information content (AvgIpc) is 2.43. The Hall–Kier alpha value is -2.08. The van der Waals surface area contributed by atoms with Crippen LogP contribution in [0.2, 0.25) is 0 Å². The molecule has 0 fully saturated rings. The van der Waals surface area contributed by atoms with Crippen molar-refractivity contribution in [2.75, 3.05) is 15.8 Å². The number of nitrogens with one attached hydrogen (secondary N) is 2. The molecule has 0 bridgehead atoms. The lowest BCUT2D eigenvalue weighted by molar-refractivity contribution is 0.600. The molecule has 0 radical (unpaired) electrons. The second kappa shape index (κ2) is 6.58. The topological polar surface area (TPSA) is 58.2 Å². The first kappa shape index (κ1) is 15.3. The molecule has 0 saturated carbocycles. The fourth-order valence-electron chi connectivity index (χ4n) is 1.82. The minimum absolute atomic E-state index is 0.0998. The quantitative estimate of drug-likeness (QED) is 0.855. The predicted molar refractivity (Wildman–Crippen MR) is 83.8 cm³/mol. The number of halogens is 1. The molecule has 0 unspecified atom stereocenters. The first-order valence-corrected chi connectivity index (χ1v) is 8.27. The summed E-state index contributed by atoms with van der Waals surface area (Å²) in [5.74, 6) is -0.191. The smallest absolute Gasteiger partial charge is 0.232 e. The zero-order valence-corrected chi connectivity index (χ0v) is 12.5. The van der Waals surface area contributed by atoms with Gasteiger partial charge in [0.15, 0.2) is 0 Å². The van der Waals surface area contributed by atoms with Crippen LogP contribution in [0.3, 0.4) is 0 Å². The molecule has 0 saturated heterocycles. The molecule has 2 aromatic rings. The molecule has 0 aliphatic carbocycles. The Kier molecular flexibility index (Phi) is 4.80. The molecule has 2 N–H and O–H groups in total. The van der Waals surface area contributed by atoms with Crippen LogP contribution in [-0.4, -0.2) is 14.2 Å². The molecular formula is C15H17FN2O2S. The van der Waals surface area contributed by atoms with E-state index in [2.05, 4.69) is 10.0 Å². The molecule has 2 aromatic carbocycles. The normalized spacial score (nSPS) is 11.1. The molecule has 21 heavy (non-hydrogen) atoms. The maximum absolute atomic E-state index is 12.8. The number of anilines is 3. The van der Waals surface area contributed by atoms with Crippen LogP contribution in [0, 0.1) is 5.82 Å². The first-order chi connectivity index (χ1) is 9.98. The highest BCUT2D eigenvalue weighted by molar-refractivity contribution is 7.92. The minimum Gasteiger partial charge on any atom is -0.356 e. The van der Waals surface area contributed by atoms with E-state index in [0.29, 0.717) is 12.1 Å². The van der Waals surface area contributed by atoms with Gasteiger partial charge in [-0.25, -0.2) is 12.8 Å². The van der Waals surface area contributed by atoms with Crippen LogP contribution in [0.25, 0.3) is 0 Å². The highest BCUT2D eigenvalue weighted by Crippen LogP contribution is 2.19. The monoisotopic (exact) mass is 308 g/mol. The van der Waals surface area contributed by atoms with Gasteiger partial charge in [-0.3, -0.25) is 4.72 Å². The van der Waals surface area contributed by atoms with Crippen molar-refractivity contribution in [1.29, 1.82) is 0 Å². The van der Waals surface area contributed by atoms with Crippen LogP contribution in [-0.2, 0) is 10.0 Å². The molecule has 6 heteroatoms. The SMILES string of the molecule is CCCS(=O)(=O)Nc1ccc(Nc2ccc(F)cc2)cc1. The number of hydrogen-bond acceptors (Lipinski definition) is 3. The second-order valence-corrected chi connectivity index (χ2v) is 6.47. The summed E-state index contributed by atoms with van der Waals surface area (Å²) < 4.78 is 38.6. The van der Waals surface area contributed by atoms with E-state index in [-0.39, 0.29) is 11.6 Å². The average molecular weight is 308 g/mol. The lowest BCUT2D eigenvalue weighted by atomic mass is 10.2. The van der Waals surface area contributed by atoms with Gasteiger partial charge < -0.3 is 5.32 Å². The predicted octanol–water partition coefficient (Wildman–Crippen LogP) is 3.72. The van der Waals surface area contributed by atoms with Crippen LogP contribution < -0.4 is 10.0 Å². The highest BCUT2D eigenvalue weighted by atomic mass is 32.2. The van der Waals surface area contributed by atoms with E-state index < -0.39 is 10.0 Å². The fourth-order valence-corrected chi connectivity index (χ4v) is 2.96. The van der Waals surface area contributed by atoms with Gasteiger partial charge in [-0.15, -0.1) is 0 Å². The molecule has 4 nitrogen and oxygen atoms in total. The van der Waals surface area contributed by atoms with Crippen molar-refractivity contribution < 1.29 is 12.8 Å². The Labute approximate surface area is 124 Å². The highest BCUT2D eigenvalue weighted by Gasteiger charge is 2.08.